The lowest BCUT2D eigenvalue weighted by Crippen LogP contribution is -2.04. The minimum Gasteiger partial charge on any atom is -0.233 e. The molecule has 276 valence electrons. The van der Waals surface area contributed by atoms with Crippen molar-refractivity contribution in [3.63, 3.8) is 0 Å². The molecule has 0 unspecified atom stereocenters. The van der Waals surface area contributed by atoms with Gasteiger partial charge in [0.2, 0.25) is 0 Å². The fourth-order valence-electron chi connectivity index (χ4n) is 7.56. The van der Waals surface area contributed by atoms with Crippen molar-refractivity contribution in [2.24, 2.45) is 9.98 Å². The van der Waals surface area contributed by atoms with E-state index in [2.05, 4.69) is 196 Å². The first kappa shape index (κ1) is 37.0. The maximum atomic E-state index is 5.14. The fraction of sp³-hybridized carbons (Fsp3) is 0.0909. The molecule has 2 heteroatoms. The molecule has 0 saturated carbocycles. The van der Waals surface area contributed by atoms with Gasteiger partial charge in [-0.05, 0) is 112 Å². The largest absolute Gasteiger partial charge is 0.233 e. The van der Waals surface area contributed by atoms with Gasteiger partial charge in [0.05, 0.1) is 5.70 Å². The van der Waals surface area contributed by atoms with E-state index in [0.717, 1.165) is 64.8 Å². The Morgan fingerprint density at radius 1 is 0.439 bits per heavy atom. The second-order valence-corrected chi connectivity index (χ2v) is 14.4. The van der Waals surface area contributed by atoms with Gasteiger partial charge in [0.1, 0.15) is 0 Å². The van der Waals surface area contributed by atoms with E-state index in [1.54, 1.807) is 0 Å². The highest BCUT2D eigenvalue weighted by Gasteiger charge is 2.18. The Morgan fingerprint density at radius 2 is 0.947 bits per heavy atom. The monoisotopic (exact) mass is 734 g/mol. The number of rotatable bonds is 10. The summed E-state index contributed by atoms with van der Waals surface area (Å²) in [5.41, 5.74) is 16.4. The van der Waals surface area contributed by atoms with Crippen LogP contribution in [0.15, 0.2) is 222 Å². The summed E-state index contributed by atoms with van der Waals surface area (Å²) in [6.07, 6.45) is 18.0. The van der Waals surface area contributed by atoms with Crippen molar-refractivity contribution >= 4 is 34.0 Å². The van der Waals surface area contributed by atoms with Gasteiger partial charge in [-0.1, -0.05) is 189 Å². The number of hydrogen-bond acceptors (Lipinski definition) is 1. The maximum Gasteiger partial charge on any atom is 0.160 e. The summed E-state index contributed by atoms with van der Waals surface area (Å²) >= 11 is 0. The zero-order valence-electron chi connectivity index (χ0n) is 32.5. The van der Waals surface area contributed by atoms with E-state index in [1.807, 2.05) is 18.2 Å². The van der Waals surface area contributed by atoms with Gasteiger partial charge in [0.15, 0.2) is 5.84 Å². The molecule has 6 aromatic rings. The molecule has 0 aliphatic heterocycles. The van der Waals surface area contributed by atoms with Crippen LogP contribution in [0.5, 0.6) is 0 Å². The molecule has 0 bridgehead atoms. The number of benzene rings is 6. The number of nitrogens with zero attached hydrogens (tertiary/aromatic N) is 2. The van der Waals surface area contributed by atoms with E-state index in [4.69, 9.17) is 9.98 Å². The van der Waals surface area contributed by atoms with E-state index in [0.29, 0.717) is 11.5 Å². The van der Waals surface area contributed by atoms with Crippen LogP contribution in [0.3, 0.4) is 0 Å². The Kier molecular flexibility index (Phi) is 11.5. The average Bonchev–Trinajstić information content (AvgIpc) is 3.29. The predicted molar refractivity (Wildman–Crippen MR) is 244 cm³/mol. The second kappa shape index (κ2) is 17.7. The topological polar surface area (TPSA) is 24.7 Å². The summed E-state index contributed by atoms with van der Waals surface area (Å²) in [7, 11) is 0. The molecule has 0 saturated heterocycles. The summed E-state index contributed by atoms with van der Waals surface area (Å²) < 4.78 is 0. The minimum atomic E-state index is 0.629. The molecular formula is C55H46N2. The molecule has 0 N–H and O–H groups in total. The van der Waals surface area contributed by atoms with Crippen LogP contribution in [0, 0.1) is 0 Å². The highest BCUT2D eigenvalue weighted by atomic mass is 14.9. The predicted octanol–water partition coefficient (Wildman–Crippen LogP) is 14.2. The van der Waals surface area contributed by atoms with Crippen molar-refractivity contribution in [2.75, 3.05) is 0 Å². The Labute approximate surface area is 337 Å². The Hall–Kier alpha value is -6.90. The highest BCUT2D eigenvalue weighted by Crippen LogP contribution is 2.40. The van der Waals surface area contributed by atoms with Crippen molar-refractivity contribution in [1.29, 1.82) is 0 Å². The van der Waals surface area contributed by atoms with Crippen molar-refractivity contribution in [1.82, 2.24) is 0 Å². The molecule has 6 aromatic carbocycles. The summed E-state index contributed by atoms with van der Waals surface area (Å²) in [4.78, 5) is 10.3. The Morgan fingerprint density at radius 3 is 1.56 bits per heavy atom. The van der Waals surface area contributed by atoms with E-state index in [1.165, 1.54) is 39.0 Å². The van der Waals surface area contributed by atoms with E-state index >= 15 is 0 Å². The van der Waals surface area contributed by atoms with Gasteiger partial charge < -0.3 is 0 Å². The lowest BCUT2D eigenvalue weighted by molar-refractivity contribution is 1.03. The molecule has 0 aromatic heterocycles. The van der Waals surface area contributed by atoms with Crippen LogP contribution in [0.4, 0.5) is 0 Å². The molecule has 2 aliphatic carbocycles. The van der Waals surface area contributed by atoms with Gasteiger partial charge in [-0.25, -0.2) is 9.98 Å². The molecule has 57 heavy (non-hydrogen) atoms. The van der Waals surface area contributed by atoms with Crippen LogP contribution in [-0.4, -0.2) is 11.5 Å². The Bertz CT molecular complexity index is 2610. The molecule has 0 spiro atoms. The number of allylic oxidation sites excluding steroid dienone is 9. The lowest BCUT2D eigenvalue weighted by Gasteiger charge is -2.20. The second-order valence-electron chi connectivity index (χ2n) is 14.4. The van der Waals surface area contributed by atoms with Crippen molar-refractivity contribution < 1.29 is 0 Å². The lowest BCUT2D eigenvalue weighted by atomic mass is 9.83. The zero-order chi connectivity index (χ0) is 38.8. The molecular weight excluding hydrogens is 689 g/mol. The van der Waals surface area contributed by atoms with Gasteiger partial charge in [-0.2, -0.15) is 0 Å². The number of amidine groups is 1. The van der Waals surface area contributed by atoms with Crippen molar-refractivity contribution in [2.45, 2.75) is 32.6 Å². The maximum absolute atomic E-state index is 5.14. The van der Waals surface area contributed by atoms with Crippen LogP contribution in [0.25, 0.3) is 33.5 Å². The van der Waals surface area contributed by atoms with Gasteiger partial charge in [-0.3, -0.25) is 0 Å². The molecule has 0 heterocycles. The molecule has 0 radical (unpaired) electrons. The molecule has 0 fully saturated rings. The van der Waals surface area contributed by atoms with Crippen molar-refractivity contribution in [3.8, 4) is 11.1 Å². The van der Waals surface area contributed by atoms with E-state index in [-0.39, 0.29) is 0 Å². The first-order valence-electron chi connectivity index (χ1n) is 19.9. The first-order valence-corrected chi connectivity index (χ1v) is 19.9. The SMILES string of the molecule is C=C(N=C(N=C(C)c1cccc(C2=CCCC=C2)c1)c1ccccc1)c1cccc(-c2cccc(/C(=C(/C3=CCCC=C3)c3ccccc3)c3ccccc3)c2)c1. The van der Waals surface area contributed by atoms with Crippen LogP contribution >= 0.6 is 0 Å². The highest BCUT2D eigenvalue weighted by molar-refractivity contribution is 6.13. The van der Waals surface area contributed by atoms with Crippen molar-refractivity contribution in [3.05, 3.63) is 251 Å². The summed E-state index contributed by atoms with van der Waals surface area (Å²) in [6, 6.07) is 57.8. The summed E-state index contributed by atoms with van der Waals surface area (Å²) in [6.45, 7) is 6.54. The number of aliphatic imine (C=N–C) groups is 2. The fourth-order valence-corrected chi connectivity index (χ4v) is 7.56. The quantitative estimate of drug-likeness (QED) is 0.0761. The summed E-state index contributed by atoms with van der Waals surface area (Å²) in [5.74, 6) is 0.629. The van der Waals surface area contributed by atoms with E-state index < -0.39 is 0 Å². The summed E-state index contributed by atoms with van der Waals surface area (Å²) in [5, 5.41) is 0. The van der Waals surface area contributed by atoms with Gasteiger partial charge >= 0.3 is 0 Å². The van der Waals surface area contributed by atoms with Crippen LogP contribution in [-0.2, 0) is 0 Å². The Balaban J connectivity index is 1.17. The standard InChI is InChI=1S/C55H46N2/c1-40(47-31-18-33-49(37-47)42-21-8-3-9-22-42)56-55(46-29-16-7-17-30-46)57-41(2)48-32-19-34-50(38-48)51-35-20-36-52(39-51)54(45-27-14-6-15-28-45)53(43-23-10-4-11-24-43)44-25-12-5-13-26-44/h4,6-8,10-12,14-39H,2-3,5,9,13H2,1H3/b54-53+,56-40?,57-55?. The van der Waals surface area contributed by atoms with Crippen LogP contribution < -0.4 is 0 Å². The van der Waals surface area contributed by atoms with Gasteiger partial charge in [0, 0.05) is 16.8 Å². The smallest absolute Gasteiger partial charge is 0.160 e. The normalized spacial score (nSPS) is 14.8. The molecule has 2 aliphatic rings. The molecule has 2 nitrogen and oxygen atoms in total. The average molecular weight is 735 g/mol. The third-order valence-electron chi connectivity index (χ3n) is 10.5. The van der Waals surface area contributed by atoms with E-state index in [9.17, 15) is 0 Å². The van der Waals surface area contributed by atoms with Crippen LogP contribution in [0.1, 0.15) is 71.6 Å². The molecule has 8 rings (SSSR count). The van der Waals surface area contributed by atoms with Gasteiger partial charge in [0.25, 0.3) is 0 Å². The first-order chi connectivity index (χ1) is 28.1. The zero-order valence-corrected chi connectivity index (χ0v) is 32.5. The third-order valence-corrected chi connectivity index (χ3v) is 10.5. The van der Waals surface area contributed by atoms with Gasteiger partial charge in [-0.15, -0.1) is 0 Å². The molecule has 0 atom stereocenters. The minimum absolute atomic E-state index is 0.629. The molecule has 0 amide bonds. The third kappa shape index (κ3) is 8.82. The number of hydrogen-bond donors (Lipinski definition) is 0. The van der Waals surface area contributed by atoms with Crippen LogP contribution in [0.2, 0.25) is 0 Å².